The molecule has 0 bridgehead atoms. The molecule has 1 aromatic heterocycles. The van der Waals surface area contributed by atoms with Gasteiger partial charge in [-0.3, -0.25) is 24.5 Å². The predicted octanol–water partition coefficient (Wildman–Crippen LogP) is 5.03. The molecular formula is C28H21N3O6S2. The van der Waals surface area contributed by atoms with E-state index >= 15 is 0 Å². The number of nitrogens with one attached hydrogen (secondary N) is 1. The van der Waals surface area contributed by atoms with Gasteiger partial charge in [0.2, 0.25) is 11.8 Å². The Balaban J connectivity index is 1.48. The van der Waals surface area contributed by atoms with Gasteiger partial charge in [-0.1, -0.05) is 71.1 Å². The maximum atomic E-state index is 13.9. The Morgan fingerprint density at radius 3 is 2.46 bits per heavy atom. The number of anilines is 1. The summed E-state index contributed by atoms with van der Waals surface area (Å²) in [6.45, 7) is 2.18. The number of hydrogen-bond acceptors (Lipinski definition) is 8. The number of imide groups is 1. The predicted molar refractivity (Wildman–Crippen MR) is 147 cm³/mol. The molecule has 9 nitrogen and oxygen atoms in total. The minimum atomic E-state index is -0.884. The maximum Gasteiger partial charge on any atom is 0.305 e. The number of fused-ring (bicyclic) bond motifs is 2. The highest BCUT2D eigenvalue weighted by molar-refractivity contribution is 8.00. The van der Waals surface area contributed by atoms with Crippen LogP contribution in [0, 0.1) is 23.0 Å². The quantitative estimate of drug-likeness (QED) is 0.200. The molecular weight excluding hydrogens is 538 g/mol. The first-order chi connectivity index (χ1) is 18.8. The van der Waals surface area contributed by atoms with Crippen LogP contribution in [0.2, 0.25) is 0 Å². The summed E-state index contributed by atoms with van der Waals surface area (Å²) in [4.78, 5) is 55.4. The Kier molecular flexibility index (Phi) is 6.32. The van der Waals surface area contributed by atoms with E-state index in [1.165, 1.54) is 23.1 Å². The van der Waals surface area contributed by atoms with Gasteiger partial charge in [0.05, 0.1) is 21.6 Å². The number of ether oxygens (including phenoxy) is 1. The number of thiazole rings is 1. The molecule has 0 saturated carbocycles. The number of nitrogens with zero attached hydrogens (tertiary/aromatic N) is 2. The molecule has 39 heavy (non-hydrogen) atoms. The van der Waals surface area contributed by atoms with Crippen LogP contribution in [0.1, 0.15) is 27.5 Å². The van der Waals surface area contributed by atoms with Crippen molar-refractivity contribution in [2.24, 2.45) is 5.92 Å². The summed E-state index contributed by atoms with van der Waals surface area (Å²) in [5, 5.41) is 11.4. The standard InChI is InChI=1S/C28H21N3O6S2/c1-15-7-9-16(10-8-15)14-37-20-12-11-18(31(35)36)13-19(20)21-22-24(38-25-23(21)39-28(34)29-25)27(33)30(26(22)32)17-5-3-2-4-6-17/h2-13,21-22,24H,14H2,1H3,(H,29,34)/t21-,22-,24+/m0/s1. The third-order valence-electron chi connectivity index (χ3n) is 6.89. The van der Waals surface area contributed by atoms with Crippen LogP contribution in [0.3, 0.4) is 0 Å². The molecule has 3 atom stereocenters. The number of aromatic amines is 1. The van der Waals surface area contributed by atoms with Crippen molar-refractivity contribution in [3.63, 3.8) is 0 Å². The summed E-state index contributed by atoms with van der Waals surface area (Å²) in [7, 11) is 0. The van der Waals surface area contributed by atoms with Gasteiger partial charge < -0.3 is 9.72 Å². The van der Waals surface area contributed by atoms with Crippen molar-refractivity contribution in [1.29, 1.82) is 0 Å². The summed E-state index contributed by atoms with van der Waals surface area (Å²) in [5.74, 6) is -2.15. The number of para-hydroxylation sites is 1. The first-order valence-electron chi connectivity index (χ1n) is 12.1. The lowest BCUT2D eigenvalue weighted by Gasteiger charge is -2.30. The molecule has 6 rings (SSSR count). The second kappa shape index (κ2) is 9.83. The van der Waals surface area contributed by atoms with E-state index in [-0.39, 0.29) is 17.2 Å². The molecule has 0 radical (unpaired) electrons. The molecule has 196 valence electrons. The van der Waals surface area contributed by atoms with Gasteiger partial charge in [0, 0.05) is 28.5 Å². The van der Waals surface area contributed by atoms with Gasteiger partial charge in [-0.05, 0) is 30.7 Å². The third kappa shape index (κ3) is 4.43. The number of hydrogen-bond donors (Lipinski definition) is 1. The van der Waals surface area contributed by atoms with Crippen molar-refractivity contribution in [2.45, 2.75) is 29.7 Å². The van der Waals surface area contributed by atoms with Crippen molar-refractivity contribution >= 4 is 46.3 Å². The average molecular weight is 560 g/mol. The van der Waals surface area contributed by atoms with E-state index in [0.29, 0.717) is 26.9 Å². The van der Waals surface area contributed by atoms with E-state index in [2.05, 4.69) is 4.98 Å². The number of carbonyl (C=O) groups excluding carboxylic acids is 2. The van der Waals surface area contributed by atoms with Gasteiger partial charge in [0.25, 0.3) is 5.69 Å². The monoisotopic (exact) mass is 559 g/mol. The van der Waals surface area contributed by atoms with E-state index < -0.39 is 33.8 Å². The van der Waals surface area contributed by atoms with Gasteiger partial charge in [0.15, 0.2) is 0 Å². The molecule has 0 aliphatic carbocycles. The number of rotatable bonds is 6. The second-order valence-electron chi connectivity index (χ2n) is 9.35. The van der Waals surface area contributed by atoms with E-state index in [0.717, 1.165) is 34.2 Å². The number of nitro groups is 1. The van der Waals surface area contributed by atoms with Crippen molar-refractivity contribution in [3.8, 4) is 5.75 Å². The molecule has 1 fully saturated rings. The SMILES string of the molecule is Cc1ccc(COc2ccc([N+](=O)[O-])cc2[C@@H]2c3sc(=O)[nH]c3S[C@H]3C(=O)N(c4ccccc4)C(=O)[C@@H]23)cc1. The van der Waals surface area contributed by atoms with Gasteiger partial charge in [-0.25, -0.2) is 4.90 Å². The Hall–Kier alpha value is -4.22. The Morgan fingerprint density at radius 1 is 1.00 bits per heavy atom. The van der Waals surface area contributed by atoms with Crippen LogP contribution in [-0.2, 0) is 16.2 Å². The van der Waals surface area contributed by atoms with Crippen LogP contribution < -0.4 is 14.5 Å². The van der Waals surface area contributed by atoms with Crippen LogP contribution in [0.4, 0.5) is 11.4 Å². The summed E-state index contributed by atoms with van der Waals surface area (Å²) in [6.07, 6.45) is 0. The molecule has 1 saturated heterocycles. The molecule has 2 amide bonds. The Morgan fingerprint density at radius 2 is 1.74 bits per heavy atom. The zero-order valence-corrected chi connectivity index (χ0v) is 22.2. The molecule has 4 aromatic rings. The second-order valence-corrected chi connectivity index (χ2v) is 11.5. The minimum absolute atomic E-state index is 0.177. The van der Waals surface area contributed by atoms with Crippen LogP contribution in [0.25, 0.3) is 0 Å². The largest absolute Gasteiger partial charge is 0.489 e. The van der Waals surface area contributed by atoms with Crippen LogP contribution >= 0.6 is 23.1 Å². The van der Waals surface area contributed by atoms with Crippen LogP contribution in [-0.4, -0.2) is 27.0 Å². The topological polar surface area (TPSA) is 123 Å². The highest BCUT2D eigenvalue weighted by atomic mass is 32.2. The van der Waals surface area contributed by atoms with Crippen molar-refractivity contribution in [3.05, 3.63) is 114 Å². The fraction of sp³-hybridized carbons (Fsp3) is 0.179. The van der Waals surface area contributed by atoms with Crippen molar-refractivity contribution < 1.29 is 19.2 Å². The molecule has 3 aromatic carbocycles. The number of thioether (sulfide) groups is 1. The fourth-order valence-corrected chi connectivity index (χ4v) is 7.56. The van der Waals surface area contributed by atoms with Gasteiger partial charge >= 0.3 is 4.87 Å². The Bertz CT molecular complexity index is 1660. The molecule has 2 aliphatic heterocycles. The lowest BCUT2D eigenvalue weighted by Crippen LogP contribution is -2.32. The van der Waals surface area contributed by atoms with Crippen molar-refractivity contribution in [1.82, 2.24) is 4.98 Å². The Labute approximate surface area is 230 Å². The first-order valence-corrected chi connectivity index (χ1v) is 13.8. The summed E-state index contributed by atoms with van der Waals surface area (Å²) < 4.78 is 6.17. The summed E-state index contributed by atoms with van der Waals surface area (Å²) in [6, 6.07) is 20.7. The smallest absolute Gasteiger partial charge is 0.305 e. The number of aryl methyl sites for hydroxylation is 1. The number of H-pyrrole nitrogens is 1. The van der Waals surface area contributed by atoms with Gasteiger partial charge in [-0.15, -0.1) is 0 Å². The number of nitro benzene ring substituents is 1. The van der Waals surface area contributed by atoms with E-state index in [4.69, 9.17) is 4.74 Å². The first kappa shape index (κ1) is 25.1. The highest BCUT2D eigenvalue weighted by Gasteiger charge is 2.57. The molecule has 11 heteroatoms. The van der Waals surface area contributed by atoms with Gasteiger partial charge in [0.1, 0.15) is 17.6 Å². The van der Waals surface area contributed by atoms with Gasteiger partial charge in [-0.2, -0.15) is 0 Å². The number of aromatic nitrogens is 1. The normalized spacial score (nSPS) is 20.0. The fourth-order valence-electron chi connectivity index (χ4n) is 5.05. The summed E-state index contributed by atoms with van der Waals surface area (Å²) >= 11 is 2.10. The molecule has 0 spiro atoms. The van der Waals surface area contributed by atoms with Crippen LogP contribution in [0.5, 0.6) is 5.75 Å². The van der Waals surface area contributed by atoms with E-state index in [1.807, 2.05) is 31.2 Å². The summed E-state index contributed by atoms with van der Waals surface area (Å²) in [5.41, 5.74) is 2.66. The van der Waals surface area contributed by atoms with Crippen molar-refractivity contribution in [2.75, 3.05) is 4.90 Å². The third-order valence-corrected chi connectivity index (χ3v) is 9.29. The minimum Gasteiger partial charge on any atom is -0.489 e. The lowest BCUT2D eigenvalue weighted by atomic mass is 9.82. The maximum absolute atomic E-state index is 13.9. The molecule has 1 N–H and O–H groups in total. The molecule has 2 aliphatic rings. The highest BCUT2D eigenvalue weighted by Crippen LogP contribution is 2.55. The zero-order chi connectivity index (χ0) is 27.3. The number of carbonyl (C=O) groups is 2. The number of amides is 2. The molecule has 0 unspecified atom stereocenters. The average Bonchev–Trinajstić information content (AvgIpc) is 3.43. The van der Waals surface area contributed by atoms with E-state index in [1.54, 1.807) is 30.3 Å². The van der Waals surface area contributed by atoms with Crippen LogP contribution in [0.15, 0.2) is 82.6 Å². The lowest BCUT2D eigenvalue weighted by molar-refractivity contribution is -0.385. The number of benzene rings is 3. The zero-order valence-electron chi connectivity index (χ0n) is 20.5. The molecule has 3 heterocycles. The van der Waals surface area contributed by atoms with E-state index in [9.17, 15) is 24.5 Å². The number of non-ortho nitro benzene ring substituents is 1.